The average molecular weight is 276 g/mol. The molecule has 1 aliphatic carbocycles. The highest BCUT2D eigenvalue weighted by Crippen LogP contribution is 2.32. The molecule has 1 aromatic carbocycles. The summed E-state index contributed by atoms with van der Waals surface area (Å²) < 4.78 is 3.34. The predicted octanol–water partition coefficient (Wildman–Crippen LogP) is 5.39. The van der Waals surface area contributed by atoms with Gasteiger partial charge in [-0.3, -0.25) is 0 Å². The number of rotatable bonds is 3. The SMILES string of the molecule is Clc1ccc(NSC2CCCCC2)c(Cl)c1. The molecule has 1 N–H and O–H groups in total. The smallest absolute Gasteiger partial charge is 0.0660 e. The average Bonchev–Trinajstić information content (AvgIpc) is 2.29. The lowest BCUT2D eigenvalue weighted by atomic mass is 10.0. The van der Waals surface area contributed by atoms with E-state index in [0.29, 0.717) is 10.0 Å². The van der Waals surface area contributed by atoms with Crippen LogP contribution in [0.4, 0.5) is 5.69 Å². The van der Waals surface area contributed by atoms with Gasteiger partial charge in [0.1, 0.15) is 0 Å². The fraction of sp³-hybridized carbons (Fsp3) is 0.500. The zero-order valence-corrected chi connectivity index (χ0v) is 11.3. The van der Waals surface area contributed by atoms with Crippen LogP contribution >= 0.6 is 35.1 Å². The fourth-order valence-electron chi connectivity index (χ4n) is 1.90. The van der Waals surface area contributed by atoms with Gasteiger partial charge in [-0.15, -0.1) is 0 Å². The Balaban J connectivity index is 1.88. The Morgan fingerprint density at radius 1 is 1.12 bits per heavy atom. The molecule has 1 nitrogen and oxygen atoms in total. The van der Waals surface area contributed by atoms with Crippen molar-refractivity contribution in [2.24, 2.45) is 0 Å². The third-order valence-electron chi connectivity index (χ3n) is 2.82. The van der Waals surface area contributed by atoms with E-state index >= 15 is 0 Å². The first-order valence-corrected chi connectivity index (χ1v) is 7.26. The largest absolute Gasteiger partial charge is 0.328 e. The molecule has 88 valence electrons. The van der Waals surface area contributed by atoms with E-state index in [4.69, 9.17) is 23.2 Å². The van der Waals surface area contributed by atoms with Crippen LogP contribution in [0.2, 0.25) is 10.0 Å². The molecule has 16 heavy (non-hydrogen) atoms. The number of nitrogens with one attached hydrogen (secondary N) is 1. The number of hydrogen-bond donors (Lipinski definition) is 1. The maximum Gasteiger partial charge on any atom is 0.0660 e. The summed E-state index contributed by atoms with van der Waals surface area (Å²) in [5.41, 5.74) is 0.960. The summed E-state index contributed by atoms with van der Waals surface area (Å²) in [6.45, 7) is 0. The Kier molecular flexibility index (Phi) is 4.68. The summed E-state index contributed by atoms with van der Waals surface area (Å²) in [6.07, 6.45) is 6.71. The molecule has 1 saturated carbocycles. The van der Waals surface area contributed by atoms with Gasteiger partial charge in [0.15, 0.2) is 0 Å². The molecule has 1 aliphatic rings. The second kappa shape index (κ2) is 6.04. The van der Waals surface area contributed by atoms with Crippen LogP contribution in [0.5, 0.6) is 0 Å². The van der Waals surface area contributed by atoms with Gasteiger partial charge in [0.05, 0.1) is 10.7 Å². The normalized spacial score (nSPS) is 17.4. The van der Waals surface area contributed by atoms with Crippen molar-refractivity contribution < 1.29 is 0 Å². The minimum Gasteiger partial charge on any atom is -0.328 e. The molecule has 0 heterocycles. The predicted molar refractivity (Wildman–Crippen MR) is 74.5 cm³/mol. The summed E-state index contributed by atoms with van der Waals surface area (Å²) in [4.78, 5) is 0. The van der Waals surface area contributed by atoms with Crippen molar-refractivity contribution in [2.75, 3.05) is 4.72 Å². The van der Waals surface area contributed by atoms with Gasteiger partial charge in [0.2, 0.25) is 0 Å². The van der Waals surface area contributed by atoms with Gasteiger partial charge in [0.25, 0.3) is 0 Å². The molecule has 0 amide bonds. The van der Waals surface area contributed by atoms with Gasteiger partial charge in [-0.05, 0) is 43.0 Å². The maximum atomic E-state index is 6.09. The summed E-state index contributed by atoms with van der Waals surface area (Å²) in [6, 6.07) is 5.56. The van der Waals surface area contributed by atoms with Gasteiger partial charge in [0, 0.05) is 10.3 Å². The Hall–Kier alpha value is -0.0500. The van der Waals surface area contributed by atoms with Crippen molar-refractivity contribution in [3.63, 3.8) is 0 Å². The molecule has 0 spiro atoms. The molecule has 0 unspecified atom stereocenters. The third-order valence-corrected chi connectivity index (χ3v) is 4.51. The second-order valence-electron chi connectivity index (χ2n) is 4.10. The lowest BCUT2D eigenvalue weighted by Gasteiger charge is -2.21. The standard InChI is InChI=1S/C12H15Cl2NS/c13-9-6-7-12(11(14)8-9)15-16-10-4-2-1-3-5-10/h6-8,10,15H,1-5H2. The van der Waals surface area contributed by atoms with E-state index in [2.05, 4.69) is 4.72 Å². The van der Waals surface area contributed by atoms with E-state index in [0.717, 1.165) is 10.9 Å². The highest BCUT2D eigenvalue weighted by Gasteiger charge is 2.14. The van der Waals surface area contributed by atoms with Crippen LogP contribution < -0.4 is 4.72 Å². The van der Waals surface area contributed by atoms with E-state index in [1.165, 1.54) is 32.1 Å². The molecule has 2 rings (SSSR count). The Bertz CT molecular complexity index is 351. The lowest BCUT2D eigenvalue weighted by molar-refractivity contribution is 0.516. The molecular formula is C12H15Cl2NS. The molecule has 0 aliphatic heterocycles. The highest BCUT2D eigenvalue weighted by atomic mass is 35.5. The molecule has 0 aromatic heterocycles. The summed E-state index contributed by atoms with van der Waals surface area (Å²) in [7, 11) is 0. The fourth-order valence-corrected chi connectivity index (χ4v) is 3.45. The van der Waals surface area contributed by atoms with Crippen molar-refractivity contribution in [3.05, 3.63) is 28.2 Å². The molecule has 0 saturated heterocycles. The van der Waals surface area contributed by atoms with Crippen LogP contribution in [0.3, 0.4) is 0 Å². The highest BCUT2D eigenvalue weighted by molar-refractivity contribution is 8.01. The number of hydrogen-bond acceptors (Lipinski definition) is 2. The number of benzene rings is 1. The topological polar surface area (TPSA) is 12.0 Å². The van der Waals surface area contributed by atoms with E-state index in [-0.39, 0.29) is 0 Å². The van der Waals surface area contributed by atoms with Crippen molar-refractivity contribution in [1.29, 1.82) is 0 Å². The van der Waals surface area contributed by atoms with Crippen LogP contribution in [-0.4, -0.2) is 5.25 Å². The second-order valence-corrected chi connectivity index (χ2v) is 6.05. The Morgan fingerprint density at radius 3 is 2.56 bits per heavy atom. The first kappa shape index (κ1) is 12.4. The lowest BCUT2D eigenvalue weighted by Crippen LogP contribution is -2.10. The summed E-state index contributed by atoms with van der Waals surface area (Å²) in [5, 5.41) is 2.09. The van der Waals surface area contributed by atoms with E-state index < -0.39 is 0 Å². The molecular weight excluding hydrogens is 261 g/mol. The number of anilines is 1. The van der Waals surface area contributed by atoms with Crippen LogP contribution in [-0.2, 0) is 0 Å². The molecule has 0 atom stereocenters. The zero-order valence-electron chi connectivity index (χ0n) is 9.01. The molecule has 1 fully saturated rings. The van der Waals surface area contributed by atoms with Crippen molar-refractivity contribution in [2.45, 2.75) is 37.4 Å². The third kappa shape index (κ3) is 3.47. The Labute approximate surface area is 111 Å². The van der Waals surface area contributed by atoms with Crippen LogP contribution in [0.25, 0.3) is 0 Å². The Morgan fingerprint density at radius 2 is 1.88 bits per heavy atom. The van der Waals surface area contributed by atoms with Crippen LogP contribution in [0, 0.1) is 0 Å². The summed E-state index contributed by atoms with van der Waals surface area (Å²) >= 11 is 13.7. The minimum absolute atomic E-state index is 0.679. The summed E-state index contributed by atoms with van der Waals surface area (Å²) in [5.74, 6) is 0. The monoisotopic (exact) mass is 275 g/mol. The number of halogens is 2. The molecule has 4 heteroatoms. The van der Waals surface area contributed by atoms with Crippen LogP contribution in [0.15, 0.2) is 18.2 Å². The first-order chi connectivity index (χ1) is 7.75. The molecule has 0 radical (unpaired) electrons. The quantitative estimate of drug-likeness (QED) is 0.743. The van der Waals surface area contributed by atoms with Crippen molar-refractivity contribution >= 4 is 40.8 Å². The molecule has 1 aromatic rings. The minimum atomic E-state index is 0.679. The van der Waals surface area contributed by atoms with Crippen molar-refractivity contribution in [3.8, 4) is 0 Å². The van der Waals surface area contributed by atoms with Gasteiger partial charge >= 0.3 is 0 Å². The van der Waals surface area contributed by atoms with E-state index in [1.807, 2.05) is 12.1 Å². The zero-order chi connectivity index (χ0) is 11.4. The first-order valence-electron chi connectivity index (χ1n) is 5.62. The van der Waals surface area contributed by atoms with Gasteiger partial charge in [-0.25, -0.2) is 0 Å². The maximum absolute atomic E-state index is 6.09. The molecule has 0 bridgehead atoms. The van der Waals surface area contributed by atoms with Gasteiger partial charge < -0.3 is 4.72 Å². The van der Waals surface area contributed by atoms with Crippen LogP contribution in [0.1, 0.15) is 32.1 Å². The van der Waals surface area contributed by atoms with E-state index in [1.54, 1.807) is 18.0 Å². The van der Waals surface area contributed by atoms with Gasteiger partial charge in [-0.1, -0.05) is 42.5 Å². The van der Waals surface area contributed by atoms with Crippen molar-refractivity contribution in [1.82, 2.24) is 0 Å². The van der Waals surface area contributed by atoms with Gasteiger partial charge in [-0.2, -0.15) is 0 Å². The van der Waals surface area contributed by atoms with E-state index in [9.17, 15) is 0 Å².